The summed E-state index contributed by atoms with van der Waals surface area (Å²) in [5.41, 5.74) is 3.28. The van der Waals surface area contributed by atoms with E-state index in [0.717, 1.165) is 29.1 Å². The normalized spacial score (nSPS) is 13.4. The smallest absolute Gasteiger partial charge is 0.256 e. The number of para-hydroxylation sites is 1. The number of hydrogen-bond acceptors (Lipinski definition) is 6. The van der Waals surface area contributed by atoms with Crippen molar-refractivity contribution in [1.82, 2.24) is 20.2 Å². The topological polar surface area (TPSA) is 87.3 Å². The third-order valence-corrected chi connectivity index (χ3v) is 6.73. The van der Waals surface area contributed by atoms with E-state index in [4.69, 9.17) is 16.3 Å². The van der Waals surface area contributed by atoms with Gasteiger partial charge in [-0.2, -0.15) is 0 Å². The van der Waals surface area contributed by atoms with Gasteiger partial charge in [-0.15, -0.1) is 0 Å². The fraction of sp³-hybridized carbons (Fsp3) is 0.292. The highest BCUT2D eigenvalue weighted by molar-refractivity contribution is 7.99. The predicted octanol–water partition coefficient (Wildman–Crippen LogP) is 3.40. The molecule has 0 aliphatic carbocycles. The molecule has 9 heteroatoms. The van der Waals surface area contributed by atoms with Crippen LogP contribution < -0.4 is 15.6 Å². The first-order valence-electron chi connectivity index (χ1n) is 10.6. The van der Waals surface area contributed by atoms with Gasteiger partial charge in [0.15, 0.2) is 5.16 Å². The number of carbonyl (C=O) groups excluding carboxylic acids is 1. The van der Waals surface area contributed by atoms with Crippen LogP contribution in [0.4, 0.5) is 0 Å². The maximum atomic E-state index is 12.7. The number of nitrogens with one attached hydrogen (secondary N) is 2. The Kier molecular flexibility index (Phi) is 7.69. The molecule has 1 aliphatic heterocycles. The average molecular weight is 485 g/mol. The number of ether oxygens (including phenoxy) is 1. The summed E-state index contributed by atoms with van der Waals surface area (Å²) in [5, 5.41) is 3.92. The van der Waals surface area contributed by atoms with Gasteiger partial charge in [-0.3, -0.25) is 14.5 Å². The molecule has 4 rings (SSSR count). The molecule has 0 radical (unpaired) electrons. The van der Waals surface area contributed by atoms with Crippen molar-refractivity contribution in [3.8, 4) is 5.75 Å². The minimum atomic E-state index is -0.150. The zero-order chi connectivity index (χ0) is 23.2. The Labute approximate surface area is 201 Å². The van der Waals surface area contributed by atoms with E-state index in [9.17, 15) is 9.59 Å². The summed E-state index contributed by atoms with van der Waals surface area (Å²) in [6.45, 7) is 2.38. The van der Waals surface area contributed by atoms with Crippen LogP contribution in [0.25, 0.3) is 0 Å². The van der Waals surface area contributed by atoms with Crippen molar-refractivity contribution >= 4 is 29.3 Å². The second kappa shape index (κ2) is 10.9. The monoisotopic (exact) mass is 484 g/mol. The summed E-state index contributed by atoms with van der Waals surface area (Å²) in [5.74, 6) is 0.852. The molecule has 1 amide bonds. The van der Waals surface area contributed by atoms with Crippen LogP contribution in [-0.4, -0.2) is 40.2 Å². The van der Waals surface area contributed by atoms with Gasteiger partial charge in [-0.25, -0.2) is 4.98 Å². The van der Waals surface area contributed by atoms with E-state index < -0.39 is 0 Å². The number of H-pyrrole nitrogens is 1. The molecule has 0 fully saturated rings. The molecule has 33 heavy (non-hydrogen) atoms. The van der Waals surface area contributed by atoms with E-state index in [2.05, 4.69) is 20.2 Å². The summed E-state index contributed by atoms with van der Waals surface area (Å²) in [7, 11) is 1.66. The minimum Gasteiger partial charge on any atom is -0.496 e. The van der Waals surface area contributed by atoms with Gasteiger partial charge in [-0.1, -0.05) is 59.8 Å². The van der Waals surface area contributed by atoms with Crippen molar-refractivity contribution in [2.75, 3.05) is 19.4 Å². The first-order chi connectivity index (χ1) is 16.0. The number of halogens is 1. The zero-order valence-corrected chi connectivity index (χ0v) is 19.8. The van der Waals surface area contributed by atoms with Crippen LogP contribution in [0.5, 0.6) is 5.75 Å². The van der Waals surface area contributed by atoms with E-state index in [1.54, 1.807) is 13.2 Å². The zero-order valence-electron chi connectivity index (χ0n) is 18.3. The fourth-order valence-electron chi connectivity index (χ4n) is 3.76. The van der Waals surface area contributed by atoms with Crippen molar-refractivity contribution < 1.29 is 9.53 Å². The van der Waals surface area contributed by atoms with Crippen molar-refractivity contribution in [1.29, 1.82) is 0 Å². The van der Waals surface area contributed by atoms with Gasteiger partial charge in [0, 0.05) is 43.2 Å². The number of benzene rings is 2. The van der Waals surface area contributed by atoms with Gasteiger partial charge in [0.1, 0.15) is 5.75 Å². The molecular weight excluding hydrogens is 460 g/mol. The summed E-state index contributed by atoms with van der Waals surface area (Å²) >= 11 is 7.34. The number of aromatic amines is 1. The Bertz CT molecular complexity index is 1200. The fourth-order valence-corrected chi connectivity index (χ4v) is 4.67. The van der Waals surface area contributed by atoms with Crippen molar-refractivity contribution in [2.45, 2.75) is 31.2 Å². The van der Waals surface area contributed by atoms with Crippen LogP contribution in [0.15, 0.2) is 58.5 Å². The van der Waals surface area contributed by atoms with Crippen molar-refractivity contribution in [3.05, 3.63) is 86.3 Å². The van der Waals surface area contributed by atoms with Gasteiger partial charge < -0.3 is 15.0 Å². The lowest BCUT2D eigenvalue weighted by atomic mass is 10.1. The number of carbonyl (C=O) groups is 1. The summed E-state index contributed by atoms with van der Waals surface area (Å²) in [6.07, 6.45) is 0.681. The second-order valence-electron chi connectivity index (χ2n) is 7.73. The number of fused-ring (bicyclic) bond motifs is 1. The third kappa shape index (κ3) is 5.96. The van der Waals surface area contributed by atoms with Crippen LogP contribution in [0.3, 0.4) is 0 Å². The Morgan fingerprint density at radius 2 is 1.97 bits per heavy atom. The molecule has 0 spiro atoms. The Morgan fingerprint density at radius 1 is 1.21 bits per heavy atom. The number of nitrogens with zero attached hydrogens (tertiary/aromatic N) is 2. The molecule has 2 aromatic carbocycles. The molecular formula is C24H25ClN4O3S. The first-order valence-corrected chi connectivity index (χ1v) is 12.0. The van der Waals surface area contributed by atoms with Crippen molar-refractivity contribution in [3.63, 3.8) is 0 Å². The molecule has 2 N–H and O–H groups in total. The van der Waals surface area contributed by atoms with E-state index in [1.807, 2.05) is 42.5 Å². The molecule has 0 unspecified atom stereocenters. The van der Waals surface area contributed by atoms with Crippen LogP contribution >= 0.6 is 23.4 Å². The SMILES string of the molecule is COc1ccccc1CN1CCc2nc(SCC(=O)NCc3ccccc3Cl)[nH]c(=O)c2C1. The number of methoxy groups -OCH3 is 1. The highest BCUT2D eigenvalue weighted by Gasteiger charge is 2.22. The minimum absolute atomic E-state index is 0.149. The molecule has 0 saturated heterocycles. The highest BCUT2D eigenvalue weighted by atomic mass is 35.5. The molecule has 7 nitrogen and oxygen atoms in total. The summed E-state index contributed by atoms with van der Waals surface area (Å²) in [6, 6.07) is 15.3. The van der Waals surface area contributed by atoms with Gasteiger partial charge in [0.25, 0.3) is 5.56 Å². The molecule has 3 aromatic rings. The lowest BCUT2D eigenvalue weighted by molar-refractivity contribution is -0.118. The number of aromatic nitrogens is 2. The molecule has 0 bridgehead atoms. The molecule has 2 heterocycles. The van der Waals surface area contributed by atoms with Crippen LogP contribution in [-0.2, 0) is 30.8 Å². The quantitative estimate of drug-likeness (QED) is 0.376. The maximum Gasteiger partial charge on any atom is 0.256 e. The Balaban J connectivity index is 1.34. The number of hydrogen-bond donors (Lipinski definition) is 2. The highest BCUT2D eigenvalue weighted by Crippen LogP contribution is 2.23. The standard InChI is InChI=1S/C24H25ClN4O3S/c1-32-21-9-5-3-7-17(21)13-29-11-10-20-18(14-29)23(31)28-24(27-20)33-15-22(30)26-12-16-6-2-4-8-19(16)25/h2-9H,10-15H2,1H3,(H,26,30)(H,27,28,31). The maximum absolute atomic E-state index is 12.7. The Hall–Kier alpha value is -2.81. The van der Waals surface area contributed by atoms with Gasteiger partial charge in [-0.05, 0) is 17.7 Å². The molecule has 0 atom stereocenters. The first kappa shape index (κ1) is 23.4. The van der Waals surface area contributed by atoms with E-state index >= 15 is 0 Å². The number of amides is 1. The largest absolute Gasteiger partial charge is 0.496 e. The lowest BCUT2D eigenvalue weighted by Crippen LogP contribution is -2.35. The number of rotatable bonds is 8. The van der Waals surface area contributed by atoms with E-state index in [1.165, 1.54) is 11.8 Å². The van der Waals surface area contributed by atoms with Gasteiger partial charge >= 0.3 is 0 Å². The van der Waals surface area contributed by atoms with E-state index in [-0.39, 0.29) is 17.2 Å². The van der Waals surface area contributed by atoms with Crippen molar-refractivity contribution in [2.24, 2.45) is 0 Å². The molecule has 0 saturated carbocycles. The van der Waals surface area contributed by atoms with E-state index in [0.29, 0.717) is 41.8 Å². The predicted molar refractivity (Wildman–Crippen MR) is 130 cm³/mol. The molecule has 1 aromatic heterocycles. The van der Waals surface area contributed by atoms with Crippen LogP contribution in [0.1, 0.15) is 22.4 Å². The van der Waals surface area contributed by atoms with Gasteiger partial charge in [0.2, 0.25) is 5.91 Å². The average Bonchev–Trinajstić information content (AvgIpc) is 2.83. The van der Waals surface area contributed by atoms with Crippen LogP contribution in [0.2, 0.25) is 5.02 Å². The number of thioether (sulfide) groups is 1. The van der Waals surface area contributed by atoms with Gasteiger partial charge in [0.05, 0.1) is 24.1 Å². The molecule has 1 aliphatic rings. The summed E-state index contributed by atoms with van der Waals surface area (Å²) < 4.78 is 5.44. The van der Waals surface area contributed by atoms with Crippen LogP contribution in [0, 0.1) is 0 Å². The molecule has 172 valence electrons. The second-order valence-corrected chi connectivity index (χ2v) is 9.10. The third-order valence-electron chi connectivity index (χ3n) is 5.49. The lowest BCUT2D eigenvalue weighted by Gasteiger charge is -2.28. The summed E-state index contributed by atoms with van der Waals surface area (Å²) in [4.78, 5) is 34.6. The Morgan fingerprint density at radius 3 is 2.76 bits per heavy atom.